The van der Waals surface area contributed by atoms with Crippen LogP contribution in [0.4, 0.5) is 0 Å². The second-order valence-electron chi connectivity index (χ2n) is 6.10. The van der Waals surface area contributed by atoms with Gasteiger partial charge in [0.1, 0.15) is 5.82 Å². The Hall–Kier alpha value is -1.65. The molecule has 0 saturated heterocycles. The molecule has 1 aliphatic heterocycles. The van der Waals surface area contributed by atoms with Crippen molar-refractivity contribution in [1.29, 1.82) is 0 Å². The van der Waals surface area contributed by atoms with Gasteiger partial charge in [-0.05, 0) is 37.5 Å². The molecule has 0 saturated carbocycles. The molecule has 1 aromatic heterocycles. The van der Waals surface area contributed by atoms with Crippen molar-refractivity contribution >= 4 is 0 Å². The summed E-state index contributed by atoms with van der Waals surface area (Å²) in [4.78, 5) is 6.66. The van der Waals surface area contributed by atoms with Gasteiger partial charge in [0.2, 0.25) is 0 Å². The zero-order valence-corrected chi connectivity index (χ0v) is 13.0. The number of rotatable bonds is 3. The van der Waals surface area contributed by atoms with E-state index >= 15 is 0 Å². The average Bonchev–Trinajstić information content (AvgIpc) is 2.84. The summed E-state index contributed by atoms with van der Waals surface area (Å²) in [5.74, 6) is 1.09. The topological polar surface area (TPSA) is 41.3 Å². The van der Waals surface area contributed by atoms with Gasteiger partial charge >= 0.3 is 0 Å². The molecule has 2 aromatic rings. The van der Waals surface area contributed by atoms with Crippen LogP contribution in [0.5, 0.6) is 0 Å². The van der Waals surface area contributed by atoms with Crippen molar-refractivity contribution in [3.8, 4) is 0 Å². The van der Waals surface area contributed by atoms with Gasteiger partial charge in [0.05, 0.1) is 12.6 Å². The third-order valence-corrected chi connectivity index (χ3v) is 4.33. The predicted octanol–water partition coefficient (Wildman–Crippen LogP) is 2.36. The van der Waals surface area contributed by atoms with Crippen LogP contribution in [0.15, 0.2) is 24.5 Å². The Balaban J connectivity index is 1.74. The van der Waals surface area contributed by atoms with Crippen LogP contribution in [-0.2, 0) is 13.1 Å². The van der Waals surface area contributed by atoms with Crippen LogP contribution in [0.1, 0.15) is 34.2 Å². The maximum atomic E-state index is 10.7. The summed E-state index contributed by atoms with van der Waals surface area (Å²) in [6.07, 6.45) is 3.44. The van der Waals surface area contributed by atoms with E-state index in [0.29, 0.717) is 6.54 Å². The van der Waals surface area contributed by atoms with Gasteiger partial charge in [-0.3, -0.25) is 4.90 Å². The van der Waals surface area contributed by atoms with Crippen molar-refractivity contribution in [3.63, 3.8) is 0 Å². The molecule has 0 fully saturated rings. The number of aliphatic hydroxyl groups is 1. The first kappa shape index (κ1) is 14.3. The number of aryl methyl sites for hydroxylation is 3. The van der Waals surface area contributed by atoms with Crippen molar-refractivity contribution in [2.45, 2.75) is 40.0 Å². The van der Waals surface area contributed by atoms with Gasteiger partial charge in [-0.2, -0.15) is 0 Å². The van der Waals surface area contributed by atoms with Gasteiger partial charge in [0, 0.05) is 32.0 Å². The van der Waals surface area contributed by atoms with Crippen molar-refractivity contribution in [3.05, 3.63) is 52.6 Å². The maximum absolute atomic E-state index is 10.7. The van der Waals surface area contributed by atoms with Gasteiger partial charge < -0.3 is 9.67 Å². The van der Waals surface area contributed by atoms with Crippen molar-refractivity contribution in [2.75, 3.05) is 13.1 Å². The Kier molecular flexibility index (Phi) is 3.83. The standard InChI is InChI=1S/C17H23N3O/c1-12-8-13(2)17(14(3)9-12)15(21)10-19-6-7-20-5-4-18-16(20)11-19/h4-5,8-9,15,21H,6-7,10-11H2,1-3H3. The number of aliphatic hydroxyl groups excluding tert-OH is 1. The van der Waals surface area contributed by atoms with E-state index in [4.69, 9.17) is 0 Å². The zero-order chi connectivity index (χ0) is 15.0. The third kappa shape index (κ3) is 2.87. The lowest BCUT2D eigenvalue weighted by molar-refractivity contribution is 0.0954. The molecule has 4 heteroatoms. The predicted molar refractivity (Wildman–Crippen MR) is 83.1 cm³/mol. The number of nitrogens with zero attached hydrogens (tertiary/aromatic N) is 3. The Morgan fingerprint density at radius 1 is 1.19 bits per heavy atom. The highest BCUT2D eigenvalue weighted by molar-refractivity contribution is 5.39. The first-order chi connectivity index (χ1) is 10.0. The minimum absolute atomic E-state index is 0.438. The molecule has 1 aliphatic rings. The summed E-state index contributed by atoms with van der Waals surface area (Å²) in [5, 5.41) is 10.7. The SMILES string of the molecule is Cc1cc(C)c(C(O)CN2CCn3ccnc3C2)c(C)c1. The quantitative estimate of drug-likeness (QED) is 0.941. The number of β-amino-alcohol motifs (C(OH)–C–C–N with tert-alkyl or cyclic N) is 1. The summed E-state index contributed by atoms with van der Waals surface area (Å²) in [7, 11) is 0. The van der Waals surface area contributed by atoms with Crippen LogP contribution in [0.2, 0.25) is 0 Å². The first-order valence-electron chi connectivity index (χ1n) is 7.53. The molecule has 1 aromatic carbocycles. The van der Waals surface area contributed by atoms with E-state index in [1.54, 1.807) is 0 Å². The summed E-state index contributed by atoms with van der Waals surface area (Å²) < 4.78 is 2.19. The monoisotopic (exact) mass is 285 g/mol. The fraction of sp³-hybridized carbons (Fsp3) is 0.471. The van der Waals surface area contributed by atoms with Crippen LogP contribution in [0.3, 0.4) is 0 Å². The van der Waals surface area contributed by atoms with Gasteiger partial charge in [-0.25, -0.2) is 4.98 Å². The highest BCUT2D eigenvalue weighted by Crippen LogP contribution is 2.25. The van der Waals surface area contributed by atoms with E-state index in [1.165, 1.54) is 16.7 Å². The van der Waals surface area contributed by atoms with Crippen molar-refractivity contribution in [2.24, 2.45) is 0 Å². The molecule has 0 amide bonds. The molecule has 3 rings (SSSR count). The Morgan fingerprint density at radius 3 is 2.62 bits per heavy atom. The number of benzene rings is 1. The lowest BCUT2D eigenvalue weighted by Gasteiger charge is -2.30. The smallest absolute Gasteiger partial charge is 0.122 e. The van der Waals surface area contributed by atoms with Crippen LogP contribution in [-0.4, -0.2) is 32.6 Å². The molecule has 0 radical (unpaired) electrons. The largest absolute Gasteiger partial charge is 0.387 e. The molecular weight excluding hydrogens is 262 g/mol. The van der Waals surface area contributed by atoms with E-state index in [1.807, 2.05) is 12.4 Å². The summed E-state index contributed by atoms with van der Waals surface area (Å²) in [6, 6.07) is 4.29. The molecule has 1 unspecified atom stereocenters. The molecular formula is C17H23N3O. The number of fused-ring (bicyclic) bond motifs is 1. The van der Waals surface area contributed by atoms with Crippen molar-refractivity contribution < 1.29 is 5.11 Å². The minimum atomic E-state index is -0.438. The highest BCUT2D eigenvalue weighted by atomic mass is 16.3. The summed E-state index contributed by atoms with van der Waals surface area (Å²) in [6.45, 7) is 9.66. The fourth-order valence-electron chi connectivity index (χ4n) is 3.43. The second kappa shape index (κ2) is 5.62. The zero-order valence-electron chi connectivity index (χ0n) is 13.0. The van der Waals surface area contributed by atoms with Crippen LogP contribution in [0.25, 0.3) is 0 Å². The van der Waals surface area contributed by atoms with E-state index in [-0.39, 0.29) is 0 Å². The molecule has 1 N–H and O–H groups in total. The molecule has 2 heterocycles. The number of hydrogen-bond acceptors (Lipinski definition) is 3. The van der Waals surface area contributed by atoms with E-state index in [0.717, 1.165) is 31.0 Å². The number of aromatic nitrogens is 2. The highest BCUT2D eigenvalue weighted by Gasteiger charge is 2.21. The van der Waals surface area contributed by atoms with Gasteiger partial charge in [-0.1, -0.05) is 17.7 Å². The Bertz CT molecular complexity index is 624. The minimum Gasteiger partial charge on any atom is -0.387 e. The number of hydrogen-bond donors (Lipinski definition) is 1. The van der Waals surface area contributed by atoms with Gasteiger partial charge in [-0.15, -0.1) is 0 Å². The van der Waals surface area contributed by atoms with Crippen LogP contribution < -0.4 is 0 Å². The van der Waals surface area contributed by atoms with E-state index in [2.05, 4.69) is 47.4 Å². The maximum Gasteiger partial charge on any atom is 0.122 e. The Labute approximate surface area is 126 Å². The molecule has 0 aliphatic carbocycles. The van der Waals surface area contributed by atoms with Gasteiger partial charge in [0.15, 0.2) is 0 Å². The van der Waals surface area contributed by atoms with Gasteiger partial charge in [0.25, 0.3) is 0 Å². The summed E-state index contributed by atoms with van der Waals surface area (Å²) >= 11 is 0. The molecule has 1 atom stereocenters. The average molecular weight is 285 g/mol. The van der Waals surface area contributed by atoms with E-state index < -0.39 is 6.10 Å². The first-order valence-corrected chi connectivity index (χ1v) is 7.53. The van der Waals surface area contributed by atoms with Crippen LogP contribution >= 0.6 is 0 Å². The Morgan fingerprint density at radius 2 is 1.90 bits per heavy atom. The molecule has 0 bridgehead atoms. The molecule has 21 heavy (non-hydrogen) atoms. The fourth-order valence-corrected chi connectivity index (χ4v) is 3.43. The normalized spacial score (nSPS) is 16.8. The summed E-state index contributed by atoms with van der Waals surface area (Å²) in [5.41, 5.74) is 4.69. The van der Waals surface area contributed by atoms with E-state index in [9.17, 15) is 5.11 Å². The lowest BCUT2D eigenvalue weighted by atomic mass is 9.95. The molecule has 0 spiro atoms. The van der Waals surface area contributed by atoms with Crippen molar-refractivity contribution in [1.82, 2.24) is 14.5 Å². The second-order valence-corrected chi connectivity index (χ2v) is 6.10. The molecule has 4 nitrogen and oxygen atoms in total. The van der Waals surface area contributed by atoms with Crippen LogP contribution in [0, 0.1) is 20.8 Å². The number of imidazole rings is 1. The molecule has 112 valence electrons. The third-order valence-electron chi connectivity index (χ3n) is 4.33. The lowest BCUT2D eigenvalue weighted by Crippen LogP contribution is -2.36.